The highest BCUT2D eigenvalue weighted by Gasteiger charge is 2.32. The molecule has 0 spiro atoms. The van der Waals surface area contributed by atoms with Gasteiger partial charge >= 0.3 is 6.36 Å². The molecule has 1 aromatic heterocycles. The van der Waals surface area contributed by atoms with Gasteiger partial charge in [-0.25, -0.2) is 9.07 Å². The van der Waals surface area contributed by atoms with Crippen molar-refractivity contribution in [3.63, 3.8) is 0 Å². The Morgan fingerprint density at radius 3 is 2.44 bits per heavy atom. The summed E-state index contributed by atoms with van der Waals surface area (Å²) >= 11 is 0. The number of benzene rings is 2. The zero-order valence-electron chi connectivity index (χ0n) is 13.7. The van der Waals surface area contributed by atoms with Crippen LogP contribution in [-0.2, 0) is 11.2 Å². The molecule has 1 amide bonds. The standard InChI is InChI=1S/C18H13F4N3O2/c19-13-10-23-25(11-13)15-7-5-14(6-8-15)24-17(26)9-12-3-1-2-4-16(12)27-18(20,21)22/h1-8,10-11H,9H2,(H,24,26). The van der Waals surface area contributed by atoms with Gasteiger partial charge in [0.1, 0.15) is 5.75 Å². The third-order valence-corrected chi connectivity index (χ3v) is 3.52. The number of aromatic nitrogens is 2. The molecule has 0 saturated heterocycles. The second-order valence-corrected chi connectivity index (χ2v) is 5.53. The predicted molar refractivity (Wildman–Crippen MR) is 89.0 cm³/mol. The lowest BCUT2D eigenvalue weighted by atomic mass is 10.1. The summed E-state index contributed by atoms with van der Waals surface area (Å²) < 4.78 is 55.5. The Hall–Kier alpha value is -3.36. The maximum absolute atomic E-state index is 13.0. The predicted octanol–water partition coefficient (Wildman–Crippen LogP) is 4.09. The monoisotopic (exact) mass is 379 g/mol. The molecule has 0 radical (unpaired) electrons. The van der Waals surface area contributed by atoms with Crippen LogP contribution in [0.3, 0.4) is 0 Å². The number of alkyl halides is 3. The zero-order chi connectivity index (χ0) is 19.4. The van der Waals surface area contributed by atoms with Crippen LogP contribution in [0.1, 0.15) is 5.56 Å². The van der Waals surface area contributed by atoms with Crippen molar-refractivity contribution >= 4 is 11.6 Å². The molecule has 0 aliphatic rings. The maximum atomic E-state index is 13.0. The van der Waals surface area contributed by atoms with E-state index in [9.17, 15) is 22.4 Å². The summed E-state index contributed by atoms with van der Waals surface area (Å²) in [7, 11) is 0. The van der Waals surface area contributed by atoms with Crippen molar-refractivity contribution in [1.82, 2.24) is 9.78 Å². The number of anilines is 1. The normalized spacial score (nSPS) is 11.3. The number of carbonyl (C=O) groups is 1. The van der Waals surface area contributed by atoms with E-state index in [-0.39, 0.29) is 12.0 Å². The zero-order valence-corrected chi connectivity index (χ0v) is 13.7. The van der Waals surface area contributed by atoms with Crippen molar-refractivity contribution in [2.24, 2.45) is 0 Å². The molecule has 0 aliphatic carbocycles. The van der Waals surface area contributed by atoms with Crippen molar-refractivity contribution in [2.45, 2.75) is 12.8 Å². The minimum Gasteiger partial charge on any atom is -0.405 e. The lowest BCUT2D eigenvalue weighted by Crippen LogP contribution is -2.20. The van der Waals surface area contributed by atoms with Crippen molar-refractivity contribution in [3.05, 3.63) is 72.3 Å². The molecular weight excluding hydrogens is 366 g/mol. The average molecular weight is 379 g/mol. The number of rotatable bonds is 5. The number of hydrogen-bond donors (Lipinski definition) is 1. The topological polar surface area (TPSA) is 56.1 Å². The highest BCUT2D eigenvalue weighted by molar-refractivity contribution is 5.92. The third kappa shape index (κ3) is 5.06. The van der Waals surface area contributed by atoms with Crippen LogP contribution < -0.4 is 10.1 Å². The van der Waals surface area contributed by atoms with Gasteiger partial charge in [-0.2, -0.15) is 5.10 Å². The van der Waals surface area contributed by atoms with Gasteiger partial charge in [0.2, 0.25) is 5.91 Å². The van der Waals surface area contributed by atoms with Gasteiger partial charge in [-0.3, -0.25) is 4.79 Å². The molecule has 9 heteroatoms. The quantitative estimate of drug-likeness (QED) is 0.680. The van der Waals surface area contributed by atoms with Gasteiger partial charge in [0.05, 0.1) is 24.5 Å². The molecule has 0 saturated carbocycles. The molecular formula is C18H13F4N3O2. The minimum atomic E-state index is -4.84. The van der Waals surface area contributed by atoms with Crippen LogP contribution in [0.25, 0.3) is 5.69 Å². The molecule has 3 rings (SSSR count). The summed E-state index contributed by atoms with van der Waals surface area (Å²) in [6.07, 6.45) is -2.87. The average Bonchev–Trinajstić information content (AvgIpc) is 3.02. The number of hydrogen-bond acceptors (Lipinski definition) is 3. The molecule has 2 aromatic carbocycles. The molecule has 140 valence electrons. The first-order valence-corrected chi connectivity index (χ1v) is 7.74. The molecule has 0 atom stereocenters. The second kappa shape index (κ2) is 7.48. The van der Waals surface area contributed by atoms with Crippen molar-refractivity contribution in [3.8, 4) is 11.4 Å². The fraction of sp³-hybridized carbons (Fsp3) is 0.111. The summed E-state index contributed by atoms with van der Waals surface area (Å²) in [6, 6.07) is 11.8. The number of nitrogens with zero attached hydrogens (tertiary/aromatic N) is 2. The largest absolute Gasteiger partial charge is 0.573 e. The first-order chi connectivity index (χ1) is 12.8. The van der Waals surface area contributed by atoms with Crippen LogP contribution in [0, 0.1) is 5.82 Å². The van der Waals surface area contributed by atoms with Crippen LogP contribution >= 0.6 is 0 Å². The van der Waals surface area contributed by atoms with E-state index in [1.807, 2.05) is 0 Å². The first-order valence-electron chi connectivity index (χ1n) is 7.74. The maximum Gasteiger partial charge on any atom is 0.573 e. The summed E-state index contributed by atoms with van der Waals surface area (Å²) in [5, 5.41) is 6.40. The SMILES string of the molecule is O=C(Cc1ccccc1OC(F)(F)F)Nc1ccc(-n2cc(F)cn2)cc1. The second-order valence-electron chi connectivity index (χ2n) is 5.53. The lowest BCUT2D eigenvalue weighted by molar-refractivity contribution is -0.274. The van der Waals surface area contributed by atoms with E-state index >= 15 is 0 Å². The van der Waals surface area contributed by atoms with E-state index in [1.165, 1.54) is 29.1 Å². The van der Waals surface area contributed by atoms with E-state index in [0.717, 1.165) is 12.3 Å². The Labute approximate surface area is 151 Å². The van der Waals surface area contributed by atoms with E-state index in [4.69, 9.17) is 0 Å². The van der Waals surface area contributed by atoms with Gasteiger partial charge in [0.15, 0.2) is 5.82 Å². The first kappa shape index (κ1) is 18.4. The van der Waals surface area contributed by atoms with Crippen molar-refractivity contribution < 1.29 is 27.1 Å². The smallest absolute Gasteiger partial charge is 0.405 e. The summed E-state index contributed by atoms with van der Waals surface area (Å²) in [6.45, 7) is 0. The highest BCUT2D eigenvalue weighted by Crippen LogP contribution is 2.26. The molecule has 0 fully saturated rings. The molecule has 0 unspecified atom stereocenters. The van der Waals surface area contributed by atoms with Crippen LogP contribution in [0.15, 0.2) is 60.9 Å². The van der Waals surface area contributed by atoms with E-state index < -0.39 is 23.8 Å². The number of amides is 1. The van der Waals surface area contributed by atoms with Gasteiger partial charge in [-0.05, 0) is 30.3 Å². The van der Waals surface area contributed by atoms with Gasteiger partial charge in [-0.15, -0.1) is 13.2 Å². The van der Waals surface area contributed by atoms with E-state index in [1.54, 1.807) is 24.3 Å². The fourth-order valence-corrected chi connectivity index (χ4v) is 2.39. The molecule has 5 nitrogen and oxygen atoms in total. The molecule has 0 bridgehead atoms. The number of ether oxygens (including phenoxy) is 1. The Bertz CT molecular complexity index is 936. The Kier molecular flexibility index (Phi) is 5.11. The molecule has 0 aliphatic heterocycles. The van der Waals surface area contributed by atoms with Crippen molar-refractivity contribution in [2.75, 3.05) is 5.32 Å². The van der Waals surface area contributed by atoms with Crippen LogP contribution in [0.5, 0.6) is 5.75 Å². The van der Waals surface area contributed by atoms with Gasteiger partial charge in [0, 0.05) is 11.3 Å². The third-order valence-electron chi connectivity index (χ3n) is 3.52. The van der Waals surface area contributed by atoms with Crippen molar-refractivity contribution in [1.29, 1.82) is 0 Å². The van der Waals surface area contributed by atoms with Gasteiger partial charge in [0.25, 0.3) is 0 Å². The van der Waals surface area contributed by atoms with Crippen LogP contribution in [0.2, 0.25) is 0 Å². The number of halogens is 4. The highest BCUT2D eigenvalue weighted by atomic mass is 19.4. The molecule has 1 heterocycles. The summed E-state index contributed by atoms with van der Waals surface area (Å²) in [5.41, 5.74) is 1.13. The number of carbonyl (C=O) groups excluding carboxylic acids is 1. The van der Waals surface area contributed by atoms with E-state index in [0.29, 0.717) is 11.4 Å². The number of nitrogens with one attached hydrogen (secondary N) is 1. The minimum absolute atomic E-state index is 0.107. The van der Waals surface area contributed by atoms with Crippen LogP contribution in [0.4, 0.5) is 23.2 Å². The Morgan fingerprint density at radius 2 is 1.81 bits per heavy atom. The van der Waals surface area contributed by atoms with Gasteiger partial charge < -0.3 is 10.1 Å². The van der Waals surface area contributed by atoms with Crippen LogP contribution in [-0.4, -0.2) is 22.1 Å². The number of para-hydroxylation sites is 1. The molecule has 3 aromatic rings. The Morgan fingerprint density at radius 1 is 1.11 bits per heavy atom. The van der Waals surface area contributed by atoms with E-state index in [2.05, 4.69) is 15.2 Å². The molecule has 1 N–H and O–H groups in total. The Balaban J connectivity index is 1.66. The fourth-order valence-electron chi connectivity index (χ4n) is 2.39. The lowest BCUT2D eigenvalue weighted by Gasteiger charge is -2.13. The summed E-state index contributed by atoms with van der Waals surface area (Å²) in [5.74, 6) is -1.41. The summed E-state index contributed by atoms with van der Waals surface area (Å²) in [4.78, 5) is 12.1. The molecule has 27 heavy (non-hydrogen) atoms. The van der Waals surface area contributed by atoms with Gasteiger partial charge in [-0.1, -0.05) is 18.2 Å².